The van der Waals surface area contributed by atoms with Crippen LogP contribution in [-0.2, 0) is 11.2 Å². The summed E-state index contributed by atoms with van der Waals surface area (Å²) in [6, 6.07) is 15.7. The molecule has 0 aliphatic carbocycles. The monoisotopic (exact) mass is 497 g/mol. The highest BCUT2D eigenvalue weighted by atomic mass is 35.5. The van der Waals surface area contributed by atoms with Crippen LogP contribution in [0.15, 0.2) is 48.5 Å². The Balaban J connectivity index is 1.23. The summed E-state index contributed by atoms with van der Waals surface area (Å²) in [6.45, 7) is 6.54. The molecule has 0 radical (unpaired) electrons. The molecule has 1 aliphatic heterocycles. The first-order valence-corrected chi connectivity index (χ1v) is 12.6. The molecule has 9 heteroatoms. The van der Waals surface area contributed by atoms with Crippen molar-refractivity contribution in [2.45, 2.75) is 39.2 Å². The molecule has 1 saturated heterocycles. The maximum Gasteiger partial charge on any atom is 0.286 e. The number of nitrogens with one attached hydrogen (secondary N) is 1. The zero-order chi connectivity index (χ0) is 24.1. The van der Waals surface area contributed by atoms with Crippen LogP contribution in [0.5, 0.6) is 0 Å². The van der Waals surface area contributed by atoms with Crippen LogP contribution in [0, 0.1) is 6.92 Å². The number of carbonyl (C=O) groups excluding carboxylic acids is 2. The van der Waals surface area contributed by atoms with Gasteiger partial charge in [0.1, 0.15) is 5.01 Å². The van der Waals surface area contributed by atoms with E-state index < -0.39 is 0 Å². The molecule has 4 rings (SSSR count). The van der Waals surface area contributed by atoms with E-state index in [0.717, 1.165) is 24.6 Å². The van der Waals surface area contributed by atoms with Crippen LogP contribution in [0.1, 0.15) is 40.1 Å². The summed E-state index contributed by atoms with van der Waals surface area (Å²) in [5.74, 6) is -0.151. The molecule has 1 fully saturated rings. The van der Waals surface area contributed by atoms with Gasteiger partial charge in [-0.3, -0.25) is 9.59 Å². The van der Waals surface area contributed by atoms with Gasteiger partial charge in [0, 0.05) is 54.9 Å². The molecular weight excluding hydrogens is 470 g/mol. The van der Waals surface area contributed by atoms with E-state index in [1.165, 1.54) is 22.6 Å². The molecule has 1 aliphatic rings. The number of hydrogen-bond donors (Lipinski definition) is 1. The summed E-state index contributed by atoms with van der Waals surface area (Å²) in [6.07, 6.45) is 1.75. The van der Waals surface area contributed by atoms with E-state index in [1.807, 2.05) is 4.90 Å². The molecule has 2 amide bonds. The van der Waals surface area contributed by atoms with Crippen LogP contribution in [0.25, 0.3) is 0 Å². The molecule has 34 heavy (non-hydrogen) atoms. The molecular formula is C25H28ClN5O2S. The Bertz CT molecular complexity index is 1170. The van der Waals surface area contributed by atoms with Gasteiger partial charge in [-0.1, -0.05) is 41.1 Å². The first-order chi connectivity index (χ1) is 16.4. The highest BCUT2D eigenvalue weighted by Crippen LogP contribution is 2.23. The molecule has 1 atom stereocenters. The fraction of sp³-hybridized carbons (Fsp3) is 0.360. The van der Waals surface area contributed by atoms with Crippen molar-refractivity contribution in [2.75, 3.05) is 29.9 Å². The van der Waals surface area contributed by atoms with Gasteiger partial charge in [0.05, 0.1) is 0 Å². The van der Waals surface area contributed by atoms with E-state index >= 15 is 0 Å². The van der Waals surface area contributed by atoms with E-state index in [9.17, 15) is 9.59 Å². The molecule has 178 valence electrons. The Hall–Kier alpha value is -2.97. The summed E-state index contributed by atoms with van der Waals surface area (Å²) < 4.78 is 0. The van der Waals surface area contributed by atoms with Crippen LogP contribution < -0.4 is 10.2 Å². The largest absolute Gasteiger partial charge is 0.365 e. The Labute approximate surface area is 208 Å². The van der Waals surface area contributed by atoms with E-state index in [2.05, 4.69) is 58.5 Å². The van der Waals surface area contributed by atoms with Crippen molar-refractivity contribution in [2.24, 2.45) is 0 Å². The number of nitrogens with zero attached hydrogens (tertiary/aromatic N) is 4. The molecule has 1 aromatic heterocycles. The highest BCUT2D eigenvalue weighted by Gasteiger charge is 2.26. The lowest BCUT2D eigenvalue weighted by Gasteiger charge is -2.41. The van der Waals surface area contributed by atoms with E-state index in [-0.39, 0.29) is 17.9 Å². The number of hydrogen-bond acceptors (Lipinski definition) is 6. The topological polar surface area (TPSA) is 78.4 Å². The number of carbonyl (C=O) groups is 2. The minimum atomic E-state index is -0.317. The number of aromatic nitrogens is 2. The van der Waals surface area contributed by atoms with Gasteiger partial charge in [-0.25, -0.2) is 0 Å². The smallest absolute Gasteiger partial charge is 0.286 e. The number of aryl methyl sites for hydroxylation is 2. The number of benzene rings is 2. The van der Waals surface area contributed by atoms with Gasteiger partial charge in [-0.2, -0.15) is 0 Å². The second-order valence-electron chi connectivity index (χ2n) is 8.54. The summed E-state index contributed by atoms with van der Waals surface area (Å²) in [7, 11) is 0. The minimum Gasteiger partial charge on any atom is -0.365 e. The molecule has 2 heterocycles. The van der Waals surface area contributed by atoms with Crippen LogP contribution in [0.4, 0.5) is 11.4 Å². The maximum absolute atomic E-state index is 12.8. The summed E-state index contributed by atoms with van der Waals surface area (Å²) in [5.41, 5.74) is 3.06. The van der Waals surface area contributed by atoms with Gasteiger partial charge in [0.15, 0.2) is 0 Å². The van der Waals surface area contributed by atoms with Crippen LogP contribution >= 0.6 is 22.9 Å². The Morgan fingerprint density at radius 2 is 1.97 bits per heavy atom. The summed E-state index contributed by atoms with van der Waals surface area (Å²) >= 11 is 7.21. The standard InChI is InChI=1S/C25H28ClN5O2S/c1-17-6-3-9-21(14-17)31-13-12-30(16-18(31)2)23(32)11-5-10-22-28-29-25(34-22)24(33)27-20-8-4-7-19(26)15-20/h3-4,6-9,14-15,18H,5,10-13,16H2,1-2H3,(H,27,33)/t18-/m0/s1. The average molecular weight is 498 g/mol. The molecule has 7 nitrogen and oxygen atoms in total. The predicted molar refractivity (Wildman–Crippen MR) is 137 cm³/mol. The van der Waals surface area contributed by atoms with Crippen molar-refractivity contribution in [1.29, 1.82) is 0 Å². The molecule has 1 N–H and O–H groups in total. The fourth-order valence-electron chi connectivity index (χ4n) is 4.12. The molecule has 3 aromatic rings. The van der Waals surface area contributed by atoms with Gasteiger partial charge in [0.25, 0.3) is 5.91 Å². The Morgan fingerprint density at radius 1 is 1.15 bits per heavy atom. The average Bonchev–Trinajstić information content (AvgIpc) is 3.28. The molecule has 0 bridgehead atoms. The zero-order valence-electron chi connectivity index (χ0n) is 19.3. The Morgan fingerprint density at radius 3 is 2.74 bits per heavy atom. The second kappa shape index (κ2) is 11.0. The third-order valence-corrected chi connectivity index (χ3v) is 7.06. The summed E-state index contributed by atoms with van der Waals surface area (Å²) in [4.78, 5) is 29.5. The molecule has 2 aromatic carbocycles. The molecule has 0 unspecified atom stereocenters. The fourth-order valence-corrected chi connectivity index (χ4v) is 5.09. The molecule has 0 saturated carbocycles. The van der Waals surface area contributed by atoms with Crippen LogP contribution in [-0.4, -0.2) is 52.6 Å². The number of piperazine rings is 1. The van der Waals surface area contributed by atoms with Crippen LogP contribution in [0.2, 0.25) is 5.02 Å². The first kappa shape index (κ1) is 24.2. The van der Waals surface area contributed by atoms with Gasteiger partial charge in [-0.05, 0) is 56.2 Å². The van der Waals surface area contributed by atoms with Crippen molar-refractivity contribution in [3.63, 3.8) is 0 Å². The zero-order valence-corrected chi connectivity index (χ0v) is 20.9. The van der Waals surface area contributed by atoms with Gasteiger partial charge >= 0.3 is 0 Å². The van der Waals surface area contributed by atoms with E-state index in [0.29, 0.717) is 35.0 Å². The predicted octanol–water partition coefficient (Wildman–Crippen LogP) is 4.81. The summed E-state index contributed by atoms with van der Waals surface area (Å²) in [5, 5.41) is 12.5. The highest BCUT2D eigenvalue weighted by molar-refractivity contribution is 7.13. The maximum atomic E-state index is 12.8. The number of rotatable bonds is 7. The van der Waals surface area contributed by atoms with Crippen molar-refractivity contribution in [3.8, 4) is 0 Å². The van der Waals surface area contributed by atoms with E-state index in [1.54, 1.807) is 24.3 Å². The molecule has 0 spiro atoms. The van der Waals surface area contributed by atoms with Gasteiger partial charge in [0.2, 0.25) is 10.9 Å². The van der Waals surface area contributed by atoms with Crippen molar-refractivity contribution >= 4 is 46.1 Å². The number of anilines is 2. The van der Waals surface area contributed by atoms with Gasteiger partial charge in [-0.15, -0.1) is 10.2 Å². The van der Waals surface area contributed by atoms with Crippen molar-refractivity contribution in [1.82, 2.24) is 15.1 Å². The lowest BCUT2D eigenvalue weighted by molar-refractivity contribution is -0.132. The number of halogens is 1. The van der Waals surface area contributed by atoms with Gasteiger partial charge < -0.3 is 15.1 Å². The lowest BCUT2D eigenvalue weighted by Crippen LogP contribution is -2.53. The third kappa shape index (κ3) is 6.12. The number of amides is 2. The van der Waals surface area contributed by atoms with E-state index in [4.69, 9.17) is 11.6 Å². The van der Waals surface area contributed by atoms with Crippen molar-refractivity contribution in [3.05, 3.63) is 69.1 Å². The third-order valence-electron chi connectivity index (χ3n) is 5.84. The Kier molecular flexibility index (Phi) is 7.80. The SMILES string of the molecule is Cc1cccc(N2CCN(C(=O)CCCc3nnc(C(=O)Nc4cccc(Cl)c4)s3)C[C@@H]2C)c1. The van der Waals surface area contributed by atoms with Crippen LogP contribution in [0.3, 0.4) is 0 Å². The first-order valence-electron chi connectivity index (χ1n) is 11.4. The normalized spacial score (nSPS) is 15.9. The lowest BCUT2D eigenvalue weighted by atomic mass is 10.1. The van der Waals surface area contributed by atoms with Crippen molar-refractivity contribution < 1.29 is 9.59 Å². The minimum absolute atomic E-state index is 0.166. The second-order valence-corrected chi connectivity index (χ2v) is 10.0. The quantitative estimate of drug-likeness (QED) is 0.506.